The van der Waals surface area contributed by atoms with Crippen LogP contribution in [0.4, 0.5) is 0 Å². The Morgan fingerprint density at radius 2 is 1.74 bits per heavy atom. The highest BCUT2D eigenvalue weighted by molar-refractivity contribution is 7.89. The summed E-state index contributed by atoms with van der Waals surface area (Å²) in [5.41, 5.74) is 1.30. The minimum Gasteiger partial charge on any atom is -0.478 e. The second-order valence-corrected chi connectivity index (χ2v) is 5.40. The molecule has 0 saturated heterocycles. The standard InChI is InChI=1S/C12H10N2O4S/c13-19(17,18)11-3-1-8(2-4-11)9-5-10(12(15)16)7-14-6-9/h1-7H,(H,15,16)(H2,13,17,18). The molecule has 0 atom stereocenters. The third-order valence-corrected chi connectivity index (χ3v) is 3.43. The monoisotopic (exact) mass is 278 g/mol. The average Bonchev–Trinajstić information content (AvgIpc) is 2.38. The zero-order valence-electron chi connectivity index (χ0n) is 9.65. The van der Waals surface area contributed by atoms with E-state index < -0.39 is 16.0 Å². The summed E-state index contributed by atoms with van der Waals surface area (Å²) in [6, 6.07) is 7.27. The molecule has 3 N–H and O–H groups in total. The zero-order valence-corrected chi connectivity index (χ0v) is 10.5. The molecule has 19 heavy (non-hydrogen) atoms. The molecule has 0 aliphatic carbocycles. The van der Waals surface area contributed by atoms with Crippen molar-refractivity contribution >= 4 is 16.0 Å². The van der Waals surface area contributed by atoms with Gasteiger partial charge < -0.3 is 5.11 Å². The van der Waals surface area contributed by atoms with E-state index in [-0.39, 0.29) is 10.5 Å². The van der Waals surface area contributed by atoms with Crippen molar-refractivity contribution in [1.29, 1.82) is 0 Å². The van der Waals surface area contributed by atoms with Crippen molar-refractivity contribution in [2.24, 2.45) is 5.14 Å². The minimum atomic E-state index is -3.73. The van der Waals surface area contributed by atoms with Crippen LogP contribution >= 0.6 is 0 Å². The average molecular weight is 278 g/mol. The molecule has 1 aromatic carbocycles. The fourth-order valence-corrected chi connectivity index (χ4v) is 2.07. The van der Waals surface area contributed by atoms with E-state index >= 15 is 0 Å². The Balaban J connectivity index is 2.43. The van der Waals surface area contributed by atoms with E-state index in [4.69, 9.17) is 10.2 Å². The molecule has 98 valence electrons. The number of aromatic carboxylic acids is 1. The van der Waals surface area contributed by atoms with Gasteiger partial charge in [-0.2, -0.15) is 0 Å². The molecule has 0 aliphatic rings. The van der Waals surface area contributed by atoms with E-state index in [1.165, 1.54) is 30.6 Å². The van der Waals surface area contributed by atoms with Crippen LogP contribution in [0.15, 0.2) is 47.6 Å². The summed E-state index contributed by atoms with van der Waals surface area (Å²) < 4.78 is 22.2. The van der Waals surface area contributed by atoms with Crippen LogP contribution in [0.2, 0.25) is 0 Å². The van der Waals surface area contributed by atoms with Crippen molar-refractivity contribution in [3.63, 3.8) is 0 Å². The number of rotatable bonds is 3. The number of carboxylic acid groups (broad SMARTS) is 1. The quantitative estimate of drug-likeness (QED) is 0.873. The lowest BCUT2D eigenvalue weighted by Gasteiger charge is -2.04. The highest BCUT2D eigenvalue weighted by atomic mass is 32.2. The van der Waals surface area contributed by atoms with Crippen LogP contribution in [0.1, 0.15) is 10.4 Å². The number of hydrogen-bond acceptors (Lipinski definition) is 4. The van der Waals surface area contributed by atoms with Crippen molar-refractivity contribution in [3.05, 3.63) is 48.3 Å². The van der Waals surface area contributed by atoms with Gasteiger partial charge in [-0.3, -0.25) is 4.98 Å². The molecule has 1 heterocycles. The van der Waals surface area contributed by atoms with Crippen LogP contribution in [0.25, 0.3) is 11.1 Å². The number of sulfonamides is 1. The number of nitrogens with two attached hydrogens (primary N) is 1. The number of pyridine rings is 1. The van der Waals surface area contributed by atoms with Crippen LogP contribution < -0.4 is 5.14 Å². The van der Waals surface area contributed by atoms with Gasteiger partial charge in [-0.05, 0) is 23.8 Å². The number of aromatic nitrogens is 1. The number of primary sulfonamides is 1. The molecule has 0 fully saturated rings. The van der Waals surface area contributed by atoms with Crippen molar-refractivity contribution in [2.45, 2.75) is 4.90 Å². The minimum absolute atomic E-state index is 0.00130. The lowest BCUT2D eigenvalue weighted by molar-refractivity contribution is 0.0696. The Labute approximate surface area is 109 Å². The molecular formula is C12H10N2O4S. The number of carbonyl (C=O) groups is 1. The molecule has 0 radical (unpaired) electrons. The summed E-state index contributed by atoms with van der Waals surface area (Å²) in [7, 11) is -3.73. The van der Waals surface area contributed by atoms with Crippen LogP contribution in [-0.4, -0.2) is 24.5 Å². The SMILES string of the molecule is NS(=O)(=O)c1ccc(-c2cncc(C(=O)O)c2)cc1. The largest absolute Gasteiger partial charge is 0.478 e. The van der Waals surface area contributed by atoms with Crippen molar-refractivity contribution in [3.8, 4) is 11.1 Å². The lowest BCUT2D eigenvalue weighted by Crippen LogP contribution is -2.11. The Hall–Kier alpha value is -2.25. The first-order valence-corrected chi connectivity index (χ1v) is 6.74. The van der Waals surface area contributed by atoms with E-state index in [1.807, 2.05) is 0 Å². The second kappa shape index (κ2) is 4.79. The summed E-state index contributed by atoms with van der Waals surface area (Å²) in [6.07, 6.45) is 2.74. The maximum absolute atomic E-state index is 11.1. The topological polar surface area (TPSA) is 110 Å². The molecule has 6 nitrogen and oxygen atoms in total. The molecule has 7 heteroatoms. The smallest absolute Gasteiger partial charge is 0.337 e. The maximum atomic E-state index is 11.1. The van der Waals surface area contributed by atoms with Crippen LogP contribution in [0.5, 0.6) is 0 Å². The van der Waals surface area contributed by atoms with E-state index in [9.17, 15) is 13.2 Å². The van der Waals surface area contributed by atoms with E-state index in [0.717, 1.165) is 0 Å². The molecule has 0 aliphatic heterocycles. The third kappa shape index (κ3) is 2.95. The fraction of sp³-hybridized carbons (Fsp3) is 0. The van der Waals surface area contributed by atoms with Gasteiger partial charge in [-0.25, -0.2) is 18.4 Å². The second-order valence-electron chi connectivity index (χ2n) is 3.84. The van der Waals surface area contributed by atoms with Crippen molar-refractivity contribution in [1.82, 2.24) is 4.98 Å². The first-order chi connectivity index (χ1) is 8.88. The first kappa shape index (κ1) is 13.2. The summed E-state index contributed by atoms with van der Waals surface area (Å²) >= 11 is 0. The van der Waals surface area contributed by atoms with Gasteiger partial charge in [0.25, 0.3) is 0 Å². The van der Waals surface area contributed by atoms with Gasteiger partial charge >= 0.3 is 5.97 Å². The summed E-state index contributed by atoms with van der Waals surface area (Å²) in [5.74, 6) is -1.07. The van der Waals surface area contributed by atoms with Crippen molar-refractivity contribution in [2.75, 3.05) is 0 Å². The van der Waals surface area contributed by atoms with Gasteiger partial charge in [-0.15, -0.1) is 0 Å². The van der Waals surface area contributed by atoms with E-state index in [2.05, 4.69) is 4.98 Å². The fourth-order valence-electron chi connectivity index (χ4n) is 1.55. The predicted octanol–water partition coefficient (Wildman–Crippen LogP) is 1.09. The normalized spacial score (nSPS) is 11.2. The van der Waals surface area contributed by atoms with Gasteiger partial charge in [0.2, 0.25) is 10.0 Å². The van der Waals surface area contributed by atoms with Gasteiger partial charge in [-0.1, -0.05) is 12.1 Å². The number of carboxylic acids is 1. The molecule has 0 bridgehead atoms. The predicted molar refractivity (Wildman–Crippen MR) is 68.0 cm³/mol. The molecular weight excluding hydrogens is 268 g/mol. The molecule has 0 spiro atoms. The molecule has 1 aromatic heterocycles. The van der Waals surface area contributed by atoms with Gasteiger partial charge in [0.05, 0.1) is 10.5 Å². The Morgan fingerprint density at radius 1 is 1.11 bits per heavy atom. The van der Waals surface area contributed by atoms with Gasteiger partial charge in [0.15, 0.2) is 0 Å². The summed E-state index contributed by atoms with van der Waals surface area (Å²) in [6.45, 7) is 0. The van der Waals surface area contributed by atoms with Crippen LogP contribution in [0, 0.1) is 0 Å². The van der Waals surface area contributed by atoms with Gasteiger partial charge in [0, 0.05) is 18.0 Å². The van der Waals surface area contributed by atoms with Crippen LogP contribution in [-0.2, 0) is 10.0 Å². The van der Waals surface area contributed by atoms with Crippen LogP contribution in [0.3, 0.4) is 0 Å². The molecule has 0 saturated carbocycles. The Kier molecular flexibility index (Phi) is 3.32. The molecule has 2 rings (SSSR count). The van der Waals surface area contributed by atoms with Crippen molar-refractivity contribution < 1.29 is 18.3 Å². The highest BCUT2D eigenvalue weighted by Crippen LogP contribution is 2.21. The van der Waals surface area contributed by atoms with E-state index in [0.29, 0.717) is 11.1 Å². The number of nitrogens with zero attached hydrogens (tertiary/aromatic N) is 1. The first-order valence-electron chi connectivity index (χ1n) is 5.19. The Morgan fingerprint density at radius 3 is 2.26 bits per heavy atom. The number of benzene rings is 1. The molecule has 0 amide bonds. The summed E-state index contributed by atoms with van der Waals surface area (Å²) in [4.78, 5) is 14.7. The maximum Gasteiger partial charge on any atom is 0.337 e. The lowest BCUT2D eigenvalue weighted by atomic mass is 10.1. The third-order valence-electron chi connectivity index (χ3n) is 2.50. The zero-order chi connectivity index (χ0) is 14.0. The van der Waals surface area contributed by atoms with Gasteiger partial charge in [0.1, 0.15) is 0 Å². The molecule has 0 unspecified atom stereocenters. The highest BCUT2D eigenvalue weighted by Gasteiger charge is 2.09. The molecule has 2 aromatic rings. The number of hydrogen-bond donors (Lipinski definition) is 2. The Bertz CT molecular complexity index is 724. The van der Waals surface area contributed by atoms with E-state index in [1.54, 1.807) is 12.1 Å². The summed E-state index contributed by atoms with van der Waals surface area (Å²) in [5, 5.41) is 13.9.